The Labute approximate surface area is 155 Å². The van der Waals surface area contributed by atoms with Gasteiger partial charge in [0, 0.05) is 6.04 Å². The molecular formula is C20H23NO2S2. The molecular weight excluding hydrogens is 350 g/mol. The molecule has 4 atom stereocenters. The van der Waals surface area contributed by atoms with Gasteiger partial charge >= 0.3 is 0 Å². The number of benzene rings is 2. The maximum atomic E-state index is 12.8. The zero-order valence-electron chi connectivity index (χ0n) is 14.0. The molecule has 0 heterocycles. The highest BCUT2D eigenvalue weighted by atomic mass is 32.2. The Kier molecular flexibility index (Phi) is 4.65. The van der Waals surface area contributed by atoms with E-state index in [1.54, 1.807) is 12.1 Å². The van der Waals surface area contributed by atoms with Crippen LogP contribution in [0.1, 0.15) is 19.3 Å². The Bertz CT molecular complexity index is 834. The van der Waals surface area contributed by atoms with E-state index in [2.05, 4.69) is 17.4 Å². The normalized spacial score (nSPS) is 28.4. The van der Waals surface area contributed by atoms with Crippen LogP contribution in [0.25, 0.3) is 11.1 Å². The van der Waals surface area contributed by atoms with Gasteiger partial charge in [-0.25, -0.2) is 13.1 Å². The van der Waals surface area contributed by atoms with Gasteiger partial charge in [0.2, 0.25) is 10.0 Å². The third kappa shape index (κ3) is 3.25. The average Bonchev–Trinajstić information content (AvgIpc) is 3.24. The van der Waals surface area contributed by atoms with Crippen molar-refractivity contribution < 1.29 is 8.42 Å². The molecule has 4 rings (SSSR count). The van der Waals surface area contributed by atoms with Crippen LogP contribution >= 0.6 is 12.6 Å². The topological polar surface area (TPSA) is 46.2 Å². The third-order valence-corrected chi connectivity index (χ3v) is 7.76. The molecule has 0 saturated heterocycles. The second kappa shape index (κ2) is 6.78. The lowest BCUT2D eigenvalue weighted by Crippen LogP contribution is -2.44. The highest BCUT2D eigenvalue weighted by molar-refractivity contribution is 7.89. The Hall–Kier alpha value is -1.30. The molecule has 2 saturated carbocycles. The minimum absolute atomic E-state index is 0.0371. The third-order valence-electron chi connectivity index (χ3n) is 5.86. The summed E-state index contributed by atoms with van der Waals surface area (Å²) in [5.41, 5.74) is 2.11. The van der Waals surface area contributed by atoms with Crippen molar-refractivity contribution in [2.24, 2.45) is 17.8 Å². The van der Waals surface area contributed by atoms with Crippen molar-refractivity contribution in [3.63, 3.8) is 0 Å². The fraction of sp³-hybridized carbons (Fsp3) is 0.400. The zero-order valence-corrected chi connectivity index (χ0v) is 15.7. The zero-order chi connectivity index (χ0) is 17.4. The van der Waals surface area contributed by atoms with E-state index in [0.717, 1.165) is 29.7 Å². The molecule has 0 amide bonds. The Morgan fingerprint density at radius 1 is 0.920 bits per heavy atom. The number of rotatable bonds is 5. The number of fused-ring (bicyclic) bond motifs is 2. The predicted octanol–water partition coefficient (Wildman–Crippen LogP) is 3.98. The van der Waals surface area contributed by atoms with E-state index in [1.807, 2.05) is 42.5 Å². The van der Waals surface area contributed by atoms with Crippen LogP contribution in [0.2, 0.25) is 0 Å². The summed E-state index contributed by atoms with van der Waals surface area (Å²) in [7, 11) is -3.49. The molecule has 2 aromatic carbocycles. The average molecular weight is 374 g/mol. The first-order valence-electron chi connectivity index (χ1n) is 8.87. The monoisotopic (exact) mass is 373 g/mol. The second-order valence-corrected chi connectivity index (χ2v) is 9.30. The number of nitrogens with one attached hydrogen (secondary N) is 1. The summed E-state index contributed by atoms with van der Waals surface area (Å²) in [5, 5.41) is 0. The largest absolute Gasteiger partial charge is 0.240 e. The molecule has 1 N–H and O–H groups in total. The lowest BCUT2D eigenvalue weighted by atomic mass is 9.86. The maximum Gasteiger partial charge on any atom is 0.240 e. The number of sulfonamides is 1. The first-order chi connectivity index (χ1) is 12.1. The van der Waals surface area contributed by atoms with E-state index in [0.29, 0.717) is 22.6 Å². The van der Waals surface area contributed by atoms with Crippen LogP contribution in [-0.2, 0) is 10.0 Å². The summed E-state index contributed by atoms with van der Waals surface area (Å²) in [6.07, 6.45) is 3.50. The van der Waals surface area contributed by atoms with Crippen LogP contribution in [0.3, 0.4) is 0 Å². The molecule has 0 aromatic heterocycles. The summed E-state index contributed by atoms with van der Waals surface area (Å²) >= 11 is 4.46. The van der Waals surface area contributed by atoms with Crippen molar-refractivity contribution in [2.75, 3.05) is 5.75 Å². The van der Waals surface area contributed by atoms with Gasteiger partial charge in [-0.2, -0.15) is 12.6 Å². The van der Waals surface area contributed by atoms with E-state index in [4.69, 9.17) is 0 Å². The van der Waals surface area contributed by atoms with Gasteiger partial charge in [0.15, 0.2) is 0 Å². The van der Waals surface area contributed by atoms with Gasteiger partial charge in [-0.15, -0.1) is 0 Å². The second-order valence-electron chi connectivity index (χ2n) is 7.22. The highest BCUT2D eigenvalue weighted by Gasteiger charge is 2.48. The van der Waals surface area contributed by atoms with Crippen molar-refractivity contribution in [2.45, 2.75) is 30.2 Å². The van der Waals surface area contributed by atoms with Crippen LogP contribution in [0.15, 0.2) is 59.5 Å². The predicted molar refractivity (Wildman–Crippen MR) is 104 cm³/mol. The van der Waals surface area contributed by atoms with Crippen LogP contribution in [0.5, 0.6) is 0 Å². The Morgan fingerprint density at radius 3 is 2.24 bits per heavy atom. The van der Waals surface area contributed by atoms with Gasteiger partial charge in [0.05, 0.1) is 4.90 Å². The minimum Gasteiger partial charge on any atom is -0.207 e. The lowest BCUT2D eigenvalue weighted by molar-refractivity contribution is 0.298. The molecule has 25 heavy (non-hydrogen) atoms. The van der Waals surface area contributed by atoms with Crippen LogP contribution in [-0.4, -0.2) is 20.2 Å². The molecule has 2 bridgehead atoms. The summed E-state index contributed by atoms with van der Waals surface area (Å²) in [6.45, 7) is 0. The van der Waals surface area contributed by atoms with E-state index >= 15 is 0 Å². The Balaban J connectivity index is 1.54. The smallest absolute Gasteiger partial charge is 0.207 e. The molecule has 3 nitrogen and oxygen atoms in total. The van der Waals surface area contributed by atoms with Crippen LogP contribution in [0, 0.1) is 17.8 Å². The van der Waals surface area contributed by atoms with Crippen molar-refractivity contribution >= 4 is 22.7 Å². The van der Waals surface area contributed by atoms with Crippen molar-refractivity contribution in [1.82, 2.24) is 4.72 Å². The summed E-state index contributed by atoms with van der Waals surface area (Å²) in [4.78, 5) is 0.341. The van der Waals surface area contributed by atoms with Gasteiger partial charge < -0.3 is 0 Å². The highest BCUT2D eigenvalue weighted by Crippen LogP contribution is 2.49. The number of hydrogen-bond acceptors (Lipinski definition) is 3. The fourth-order valence-electron chi connectivity index (χ4n) is 4.56. The van der Waals surface area contributed by atoms with E-state index < -0.39 is 10.0 Å². The molecule has 4 unspecified atom stereocenters. The molecule has 2 aliphatic carbocycles. The molecule has 2 aliphatic rings. The SMILES string of the molecule is O=S(=O)(NC1C2CCC(C2)C1CS)c1ccc(-c2ccccc2)cc1. The van der Waals surface area contributed by atoms with Crippen LogP contribution in [0.4, 0.5) is 0 Å². The Morgan fingerprint density at radius 2 is 1.56 bits per heavy atom. The molecule has 0 aliphatic heterocycles. The van der Waals surface area contributed by atoms with E-state index in [1.165, 1.54) is 6.42 Å². The van der Waals surface area contributed by atoms with E-state index in [9.17, 15) is 8.42 Å². The van der Waals surface area contributed by atoms with Gasteiger partial charge in [0.25, 0.3) is 0 Å². The van der Waals surface area contributed by atoms with Gasteiger partial charge in [-0.1, -0.05) is 42.5 Å². The molecule has 5 heteroatoms. The molecule has 2 fully saturated rings. The summed E-state index contributed by atoms with van der Waals surface area (Å²) < 4.78 is 28.7. The van der Waals surface area contributed by atoms with Gasteiger partial charge in [-0.3, -0.25) is 0 Å². The molecule has 132 valence electrons. The maximum absolute atomic E-state index is 12.8. The van der Waals surface area contributed by atoms with Gasteiger partial charge in [0.1, 0.15) is 0 Å². The van der Waals surface area contributed by atoms with E-state index in [-0.39, 0.29) is 6.04 Å². The summed E-state index contributed by atoms with van der Waals surface area (Å²) in [6, 6.07) is 17.2. The van der Waals surface area contributed by atoms with Crippen molar-refractivity contribution in [3.8, 4) is 11.1 Å². The van der Waals surface area contributed by atoms with Crippen LogP contribution < -0.4 is 4.72 Å². The summed E-state index contributed by atoms with van der Waals surface area (Å²) in [5.74, 6) is 2.22. The molecule has 2 aromatic rings. The number of hydrogen-bond donors (Lipinski definition) is 2. The standard InChI is InChI=1S/C20H23NO2S2/c22-25(23,21-20-17-7-6-16(12-17)19(20)13-24)18-10-8-15(9-11-18)14-4-2-1-3-5-14/h1-5,8-11,16-17,19-21,24H,6-7,12-13H2. The quantitative estimate of drug-likeness (QED) is 0.779. The van der Waals surface area contributed by atoms with Gasteiger partial charge in [-0.05, 0) is 66.0 Å². The lowest BCUT2D eigenvalue weighted by Gasteiger charge is -2.30. The van der Waals surface area contributed by atoms with Crippen molar-refractivity contribution in [1.29, 1.82) is 0 Å². The molecule has 0 spiro atoms. The first kappa shape index (κ1) is 17.1. The minimum atomic E-state index is -3.49. The number of thiol groups is 1. The fourth-order valence-corrected chi connectivity index (χ4v) is 6.44. The molecule has 0 radical (unpaired) electrons. The first-order valence-corrected chi connectivity index (χ1v) is 11.0. The van der Waals surface area contributed by atoms with Crippen molar-refractivity contribution in [3.05, 3.63) is 54.6 Å².